The third kappa shape index (κ3) is 6.52. The SMILES string of the molecule is CCCC(C)CCCc1ccc(-c2cc(F)c(OC(F)(F)F)c(F)c2)cc1. The normalized spacial score (nSPS) is 12.9. The number of alkyl halides is 3. The Hall–Kier alpha value is -2.11. The molecule has 0 saturated carbocycles. The van der Waals surface area contributed by atoms with Crippen molar-refractivity contribution < 1.29 is 26.7 Å². The molecule has 27 heavy (non-hydrogen) atoms. The molecular weight excluding hydrogens is 363 g/mol. The van der Waals surface area contributed by atoms with Gasteiger partial charge in [-0.2, -0.15) is 0 Å². The molecule has 0 saturated heterocycles. The molecule has 0 amide bonds. The van der Waals surface area contributed by atoms with Gasteiger partial charge in [0.25, 0.3) is 0 Å². The van der Waals surface area contributed by atoms with Gasteiger partial charge >= 0.3 is 6.36 Å². The Balaban J connectivity index is 2.06. The van der Waals surface area contributed by atoms with Crippen LogP contribution in [0.4, 0.5) is 22.0 Å². The highest BCUT2D eigenvalue weighted by molar-refractivity contribution is 5.65. The Bertz CT molecular complexity index is 714. The van der Waals surface area contributed by atoms with Gasteiger partial charge < -0.3 is 4.74 Å². The van der Waals surface area contributed by atoms with Gasteiger partial charge in [0.2, 0.25) is 5.75 Å². The molecule has 1 atom stereocenters. The van der Waals surface area contributed by atoms with Crippen LogP contribution in [0.15, 0.2) is 36.4 Å². The first-order chi connectivity index (χ1) is 12.7. The van der Waals surface area contributed by atoms with Crippen molar-refractivity contribution in [2.75, 3.05) is 0 Å². The summed E-state index contributed by atoms with van der Waals surface area (Å²) in [6.45, 7) is 4.41. The molecule has 0 aromatic heterocycles. The van der Waals surface area contributed by atoms with Crippen LogP contribution >= 0.6 is 0 Å². The van der Waals surface area contributed by atoms with Crippen molar-refractivity contribution in [1.82, 2.24) is 0 Å². The van der Waals surface area contributed by atoms with Crippen molar-refractivity contribution in [3.63, 3.8) is 0 Å². The fraction of sp³-hybridized carbons (Fsp3) is 0.429. The van der Waals surface area contributed by atoms with E-state index >= 15 is 0 Å². The Morgan fingerprint density at radius 3 is 2.04 bits per heavy atom. The molecule has 0 spiro atoms. The summed E-state index contributed by atoms with van der Waals surface area (Å²) in [5.74, 6) is -3.53. The van der Waals surface area contributed by atoms with Crippen molar-refractivity contribution in [2.24, 2.45) is 5.92 Å². The molecule has 0 N–H and O–H groups in total. The van der Waals surface area contributed by atoms with E-state index in [-0.39, 0.29) is 5.56 Å². The minimum absolute atomic E-state index is 0.155. The maximum absolute atomic E-state index is 13.8. The highest BCUT2D eigenvalue weighted by Crippen LogP contribution is 2.32. The van der Waals surface area contributed by atoms with Gasteiger partial charge in [-0.15, -0.1) is 13.2 Å². The lowest BCUT2D eigenvalue weighted by atomic mass is 9.96. The second-order valence-corrected chi connectivity index (χ2v) is 6.80. The van der Waals surface area contributed by atoms with Gasteiger partial charge in [-0.1, -0.05) is 57.4 Å². The third-order valence-electron chi connectivity index (χ3n) is 4.45. The van der Waals surface area contributed by atoms with Crippen LogP contribution in [0.3, 0.4) is 0 Å². The fourth-order valence-electron chi connectivity index (χ4n) is 3.10. The van der Waals surface area contributed by atoms with E-state index in [2.05, 4.69) is 18.6 Å². The lowest BCUT2D eigenvalue weighted by molar-refractivity contribution is -0.276. The molecule has 0 aliphatic carbocycles. The second kappa shape index (κ2) is 9.20. The zero-order valence-corrected chi connectivity index (χ0v) is 15.4. The van der Waals surface area contributed by atoms with E-state index in [1.807, 2.05) is 12.1 Å². The van der Waals surface area contributed by atoms with Gasteiger partial charge in [-0.25, -0.2) is 8.78 Å². The molecule has 6 heteroatoms. The smallest absolute Gasteiger partial charge is 0.399 e. The molecule has 148 valence electrons. The van der Waals surface area contributed by atoms with Crippen LogP contribution in [-0.2, 0) is 6.42 Å². The number of rotatable bonds is 8. The van der Waals surface area contributed by atoms with Gasteiger partial charge in [0.05, 0.1) is 0 Å². The number of hydrogen-bond donors (Lipinski definition) is 0. The Labute approximate surface area is 156 Å². The minimum atomic E-state index is -5.15. The minimum Gasteiger partial charge on any atom is -0.399 e. The van der Waals surface area contributed by atoms with Gasteiger partial charge in [0.1, 0.15) is 0 Å². The summed E-state index contributed by atoms with van der Waals surface area (Å²) in [5.41, 5.74) is 1.79. The van der Waals surface area contributed by atoms with Crippen LogP contribution in [0.5, 0.6) is 5.75 Å². The maximum Gasteiger partial charge on any atom is 0.573 e. The highest BCUT2D eigenvalue weighted by Gasteiger charge is 2.34. The van der Waals surface area contributed by atoms with E-state index in [0.717, 1.165) is 37.0 Å². The maximum atomic E-state index is 13.8. The van der Waals surface area contributed by atoms with Crippen molar-refractivity contribution in [2.45, 2.75) is 52.3 Å². The number of ether oxygens (including phenoxy) is 1. The summed E-state index contributed by atoms with van der Waals surface area (Å²) in [6.07, 6.45) is 0.356. The summed E-state index contributed by atoms with van der Waals surface area (Å²) in [4.78, 5) is 0. The predicted octanol–water partition coefficient (Wildman–Crippen LogP) is 7.29. The zero-order chi connectivity index (χ0) is 20.0. The molecule has 0 aliphatic rings. The lowest BCUT2D eigenvalue weighted by Gasteiger charge is -2.12. The van der Waals surface area contributed by atoms with Crippen LogP contribution in [0, 0.1) is 17.6 Å². The van der Waals surface area contributed by atoms with Crippen LogP contribution in [-0.4, -0.2) is 6.36 Å². The topological polar surface area (TPSA) is 9.23 Å². The molecule has 0 aliphatic heterocycles. The van der Waals surface area contributed by atoms with E-state index in [1.54, 1.807) is 12.1 Å². The first-order valence-corrected chi connectivity index (χ1v) is 9.03. The first-order valence-electron chi connectivity index (χ1n) is 9.03. The van der Waals surface area contributed by atoms with Crippen molar-refractivity contribution in [1.29, 1.82) is 0 Å². The molecule has 0 heterocycles. The Morgan fingerprint density at radius 2 is 1.52 bits per heavy atom. The quantitative estimate of drug-likeness (QED) is 0.433. The fourth-order valence-corrected chi connectivity index (χ4v) is 3.10. The second-order valence-electron chi connectivity index (χ2n) is 6.80. The number of aryl methyl sites for hydroxylation is 1. The van der Waals surface area contributed by atoms with Gasteiger partial charge in [-0.3, -0.25) is 0 Å². The predicted molar refractivity (Wildman–Crippen MR) is 95.5 cm³/mol. The summed E-state index contributed by atoms with van der Waals surface area (Å²) >= 11 is 0. The molecule has 2 aromatic carbocycles. The van der Waals surface area contributed by atoms with Crippen LogP contribution in [0.25, 0.3) is 11.1 Å². The molecular formula is C21H23F5O. The molecule has 2 aromatic rings. The van der Waals surface area contributed by atoms with Gasteiger partial charge in [0, 0.05) is 0 Å². The third-order valence-corrected chi connectivity index (χ3v) is 4.45. The van der Waals surface area contributed by atoms with Crippen molar-refractivity contribution >= 4 is 0 Å². The Kier molecular flexibility index (Phi) is 7.22. The van der Waals surface area contributed by atoms with E-state index in [9.17, 15) is 22.0 Å². The average Bonchev–Trinajstić information content (AvgIpc) is 2.58. The average molecular weight is 386 g/mol. The summed E-state index contributed by atoms with van der Waals surface area (Å²) < 4.78 is 67.7. The Morgan fingerprint density at radius 1 is 0.926 bits per heavy atom. The molecule has 0 bridgehead atoms. The van der Waals surface area contributed by atoms with Gasteiger partial charge in [0.15, 0.2) is 11.6 Å². The van der Waals surface area contributed by atoms with E-state index in [1.165, 1.54) is 12.8 Å². The monoisotopic (exact) mass is 386 g/mol. The lowest BCUT2D eigenvalue weighted by Crippen LogP contribution is -2.19. The molecule has 1 nitrogen and oxygen atoms in total. The van der Waals surface area contributed by atoms with E-state index in [4.69, 9.17) is 0 Å². The molecule has 0 radical (unpaired) electrons. The number of halogens is 5. The molecule has 2 rings (SSSR count). The summed E-state index contributed by atoms with van der Waals surface area (Å²) in [5, 5.41) is 0. The van der Waals surface area contributed by atoms with Gasteiger partial charge in [-0.05, 0) is 47.6 Å². The largest absolute Gasteiger partial charge is 0.573 e. The van der Waals surface area contributed by atoms with Crippen molar-refractivity contribution in [3.8, 4) is 16.9 Å². The number of hydrogen-bond acceptors (Lipinski definition) is 1. The van der Waals surface area contributed by atoms with E-state index < -0.39 is 23.7 Å². The summed E-state index contributed by atoms with van der Waals surface area (Å²) in [7, 11) is 0. The van der Waals surface area contributed by atoms with Crippen molar-refractivity contribution in [3.05, 3.63) is 53.6 Å². The first kappa shape index (κ1) is 21.2. The zero-order valence-electron chi connectivity index (χ0n) is 15.4. The van der Waals surface area contributed by atoms with Crippen LogP contribution in [0.2, 0.25) is 0 Å². The van der Waals surface area contributed by atoms with Crippen LogP contribution in [0.1, 0.15) is 45.1 Å². The van der Waals surface area contributed by atoms with E-state index in [0.29, 0.717) is 11.5 Å². The highest BCUT2D eigenvalue weighted by atomic mass is 19.4. The number of benzene rings is 2. The molecule has 0 fully saturated rings. The van der Waals surface area contributed by atoms with Crippen LogP contribution < -0.4 is 4.74 Å². The standard InChI is InChI=1S/C21H23F5O/c1-3-5-14(2)6-4-7-15-8-10-16(11-9-15)17-12-18(22)20(19(23)13-17)27-21(24,25)26/h8-14H,3-7H2,1-2H3. The summed E-state index contributed by atoms with van der Waals surface area (Å²) in [6, 6.07) is 8.84. The molecule has 1 unspecified atom stereocenters.